The molecule has 1 atom stereocenters. The third-order valence-corrected chi connectivity index (χ3v) is 3.98. The van der Waals surface area contributed by atoms with Gasteiger partial charge in [-0.05, 0) is 31.0 Å². The van der Waals surface area contributed by atoms with E-state index >= 15 is 0 Å². The largest absolute Gasteiger partial charge is 0.306 e. The Balaban J connectivity index is 1.97. The van der Waals surface area contributed by atoms with E-state index in [9.17, 15) is 4.79 Å². The lowest BCUT2D eigenvalue weighted by Crippen LogP contribution is -2.42. The normalized spacial score (nSPS) is 18.3. The maximum absolute atomic E-state index is 12.6. The molecule has 0 saturated carbocycles. The summed E-state index contributed by atoms with van der Waals surface area (Å²) in [6, 6.07) is 16.3. The Morgan fingerprint density at radius 2 is 1.86 bits per heavy atom. The minimum absolute atomic E-state index is 0.125. The minimum atomic E-state index is -0.164. The molecule has 108 valence electrons. The molecule has 1 aliphatic heterocycles. The summed E-state index contributed by atoms with van der Waals surface area (Å²) in [7, 11) is 0. The molecule has 2 aromatic carbocycles. The lowest BCUT2D eigenvalue weighted by Gasteiger charge is -2.24. The second-order valence-corrected chi connectivity index (χ2v) is 5.64. The van der Waals surface area contributed by atoms with Gasteiger partial charge < -0.3 is 10.2 Å². The van der Waals surface area contributed by atoms with Gasteiger partial charge in [-0.2, -0.15) is 0 Å². The number of para-hydroxylation sites is 1. The van der Waals surface area contributed by atoms with E-state index in [1.54, 1.807) is 0 Å². The molecule has 3 nitrogen and oxygen atoms in total. The van der Waals surface area contributed by atoms with E-state index in [0.717, 1.165) is 17.8 Å². The van der Waals surface area contributed by atoms with Crippen LogP contribution in [0, 0.1) is 6.92 Å². The molecule has 21 heavy (non-hydrogen) atoms. The zero-order chi connectivity index (χ0) is 14.8. The number of hydrogen-bond donors (Lipinski definition) is 1. The van der Waals surface area contributed by atoms with E-state index in [1.807, 2.05) is 30.0 Å². The number of aryl methyl sites for hydroxylation is 1. The first-order chi connectivity index (χ1) is 10.1. The number of carbonyl (C=O) groups excluding carboxylic acids is 1. The molecular weight excluding hydrogens is 260 g/mol. The third-order valence-electron chi connectivity index (χ3n) is 3.98. The van der Waals surface area contributed by atoms with Gasteiger partial charge in [0, 0.05) is 12.2 Å². The molecule has 0 fully saturated rings. The smallest absolute Gasteiger partial charge is 0.244 e. The molecule has 1 amide bonds. The van der Waals surface area contributed by atoms with Gasteiger partial charge in [-0.25, -0.2) is 0 Å². The van der Waals surface area contributed by atoms with Crippen LogP contribution in [0.4, 0.5) is 5.69 Å². The van der Waals surface area contributed by atoms with Crippen LogP contribution in [0.5, 0.6) is 0 Å². The van der Waals surface area contributed by atoms with Gasteiger partial charge in [0.1, 0.15) is 0 Å². The molecular formula is C18H20N2O. The molecule has 0 saturated heterocycles. The second-order valence-electron chi connectivity index (χ2n) is 5.64. The van der Waals surface area contributed by atoms with E-state index in [0.29, 0.717) is 6.54 Å². The Labute approximate surface area is 125 Å². The highest BCUT2D eigenvalue weighted by Crippen LogP contribution is 2.25. The van der Waals surface area contributed by atoms with E-state index in [4.69, 9.17) is 0 Å². The molecule has 1 aliphatic rings. The summed E-state index contributed by atoms with van der Waals surface area (Å²) >= 11 is 0. The molecule has 3 rings (SSSR count). The second kappa shape index (κ2) is 5.70. The number of benzene rings is 2. The van der Waals surface area contributed by atoms with Crippen LogP contribution in [-0.4, -0.2) is 11.9 Å². The standard InChI is InChI=1S/C18H20N2O/c1-13-7-9-15(10-8-13)12-20-17-6-4-3-5-16(17)11-19-14(2)18(20)21/h3-10,14,19H,11-12H2,1-2H3. The zero-order valence-electron chi connectivity index (χ0n) is 12.5. The molecule has 1 N–H and O–H groups in total. The van der Waals surface area contributed by atoms with Gasteiger partial charge in [-0.15, -0.1) is 0 Å². The summed E-state index contributed by atoms with van der Waals surface area (Å²) in [6.45, 7) is 5.34. The zero-order valence-corrected chi connectivity index (χ0v) is 12.5. The predicted octanol–water partition coefficient (Wildman–Crippen LogP) is 3.02. The van der Waals surface area contributed by atoms with Gasteiger partial charge in [0.15, 0.2) is 0 Å². The van der Waals surface area contributed by atoms with E-state index in [1.165, 1.54) is 11.1 Å². The fraction of sp³-hybridized carbons (Fsp3) is 0.278. The number of carbonyl (C=O) groups is 1. The fourth-order valence-corrected chi connectivity index (χ4v) is 2.67. The summed E-state index contributed by atoms with van der Waals surface area (Å²) in [5, 5.41) is 3.28. The van der Waals surface area contributed by atoms with Crippen LogP contribution in [-0.2, 0) is 17.9 Å². The van der Waals surface area contributed by atoms with Crippen molar-refractivity contribution in [2.45, 2.75) is 33.0 Å². The number of fused-ring (bicyclic) bond motifs is 1. The highest BCUT2D eigenvalue weighted by atomic mass is 16.2. The van der Waals surface area contributed by atoms with Crippen molar-refractivity contribution in [3.63, 3.8) is 0 Å². The van der Waals surface area contributed by atoms with E-state index in [-0.39, 0.29) is 11.9 Å². The summed E-state index contributed by atoms with van der Waals surface area (Å²) < 4.78 is 0. The van der Waals surface area contributed by atoms with Crippen LogP contribution >= 0.6 is 0 Å². The first-order valence-electron chi connectivity index (χ1n) is 7.33. The van der Waals surface area contributed by atoms with Crippen molar-refractivity contribution in [1.82, 2.24) is 5.32 Å². The summed E-state index contributed by atoms with van der Waals surface area (Å²) in [5.41, 5.74) is 4.57. The first kappa shape index (κ1) is 13.8. The lowest BCUT2D eigenvalue weighted by molar-refractivity contribution is -0.120. The average molecular weight is 280 g/mol. The number of hydrogen-bond acceptors (Lipinski definition) is 2. The maximum atomic E-state index is 12.6. The Morgan fingerprint density at radius 3 is 2.62 bits per heavy atom. The van der Waals surface area contributed by atoms with Crippen molar-refractivity contribution in [3.05, 3.63) is 65.2 Å². The maximum Gasteiger partial charge on any atom is 0.244 e. The van der Waals surface area contributed by atoms with Crippen LogP contribution in [0.25, 0.3) is 0 Å². The molecule has 0 aliphatic carbocycles. The van der Waals surface area contributed by atoms with Crippen molar-refractivity contribution < 1.29 is 4.79 Å². The van der Waals surface area contributed by atoms with Gasteiger partial charge >= 0.3 is 0 Å². The molecule has 1 heterocycles. The minimum Gasteiger partial charge on any atom is -0.306 e. The Kier molecular flexibility index (Phi) is 3.76. The average Bonchev–Trinajstić information content (AvgIpc) is 2.62. The first-order valence-corrected chi connectivity index (χ1v) is 7.33. The Bertz CT molecular complexity index is 649. The topological polar surface area (TPSA) is 32.3 Å². The summed E-state index contributed by atoms with van der Waals surface area (Å²) in [5.74, 6) is 0.125. The molecule has 0 radical (unpaired) electrons. The highest BCUT2D eigenvalue weighted by Gasteiger charge is 2.26. The summed E-state index contributed by atoms with van der Waals surface area (Å²) in [4.78, 5) is 14.5. The Morgan fingerprint density at radius 1 is 1.14 bits per heavy atom. The molecule has 2 aromatic rings. The number of nitrogens with zero attached hydrogens (tertiary/aromatic N) is 1. The Hall–Kier alpha value is -2.13. The number of rotatable bonds is 2. The monoisotopic (exact) mass is 280 g/mol. The predicted molar refractivity (Wildman–Crippen MR) is 85.1 cm³/mol. The van der Waals surface area contributed by atoms with Gasteiger partial charge in [0.2, 0.25) is 5.91 Å². The van der Waals surface area contributed by atoms with Crippen LogP contribution in [0.1, 0.15) is 23.6 Å². The molecule has 3 heteroatoms. The van der Waals surface area contributed by atoms with Gasteiger partial charge in [-0.3, -0.25) is 4.79 Å². The summed E-state index contributed by atoms with van der Waals surface area (Å²) in [6.07, 6.45) is 0. The number of amides is 1. The van der Waals surface area contributed by atoms with Crippen LogP contribution in [0.3, 0.4) is 0 Å². The quantitative estimate of drug-likeness (QED) is 0.917. The number of anilines is 1. The van der Waals surface area contributed by atoms with Gasteiger partial charge in [-0.1, -0.05) is 48.0 Å². The molecule has 0 spiro atoms. The third kappa shape index (κ3) is 2.83. The lowest BCUT2D eigenvalue weighted by atomic mass is 10.1. The van der Waals surface area contributed by atoms with E-state index < -0.39 is 0 Å². The highest BCUT2D eigenvalue weighted by molar-refractivity contribution is 5.98. The molecule has 0 bridgehead atoms. The van der Waals surface area contributed by atoms with Crippen molar-refractivity contribution in [2.75, 3.05) is 4.90 Å². The van der Waals surface area contributed by atoms with Gasteiger partial charge in [0.05, 0.1) is 12.6 Å². The van der Waals surface area contributed by atoms with Crippen LogP contribution in [0.15, 0.2) is 48.5 Å². The van der Waals surface area contributed by atoms with Crippen molar-refractivity contribution in [3.8, 4) is 0 Å². The number of nitrogens with one attached hydrogen (secondary N) is 1. The van der Waals surface area contributed by atoms with Gasteiger partial charge in [0.25, 0.3) is 0 Å². The molecule has 1 unspecified atom stereocenters. The SMILES string of the molecule is Cc1ccc(CN2C(=O)C(C)NCc3ccccc32)cc1. The van der Waals surface area contributed by atoms with E-state index in [2.05, 4.69) is 42.6 Å². The molecule has 0 aromatic heterocycles. The van der Waals surface area contributed by atoms with Crippen molar-refractivity contribution in [2.24, 2.45) is 0 Å². The fourth-order valence-electron chi connectivity index (χ4n) is 2.67. The van der Waals surface area contributed by atoms with Crippen molar-refractivity contribution >= 4 is 11.6 Å². The van der Waals surface area contributed by atoms with Crippen LogP contribution < -0.4 is 10.2 Å². The van der Waals surface area contributed by atoms with Crippen molar-refractivity contribution in [1.29, 1.82) is 0 Å². The van der Waals surface area contributed by atoms with Crippen LogP contribution in [0.2, 0.25) is 0 Å².